The Kier molecular flexibility index (Phi) is 3.96. The molecular weight excluding hydrogens is 449 g/mol. The molecule has 5 aromatic rings. The van der Waals surface area contributed by atoms with Crippen LogP contribution in [0.2, 0.25) is 0 Å². The SMILES string of the molecule is c1ccc2c(c1)Oc1cc(N3c4ccccc4Sc4ccccc43)cc3c1B2c1ccccc1O3. The topological polar surface area (TPSA) is 21.7 Å². The van der Waals surface area contributed by atoms with Crippen LogP contribution in [0.5, 0.6) is 23.0 Å². The average molecular weight is 467 g/mol. The van der Waals surface area contributed by atoms with Gasteiger partial charge < -0.3 is 14.4 Å². The number of nitrogens with zero attached hydrogens (tertiary/aromatic N) is 1. The van der Waals surface area contributed by atoms with E-state index in [1.165, 1.54) is 20.7 Å². The molecule has 0 unspecified atom stereocenters. The fraction of sp³-hybridized carbons (Fsp3) is 0. The molecule has 3 nitrogen and oxygen atoms in total. The molecule has 0 atom stereocenters. The smallest absolute Gasteiger partial charge is 0.260 e. The zero-order chi connectivity index (χ0) is 22.9. The predicted octanol–water partition coefficient (Wildman–Crippen LogP) is 6.35. The van der Waals surface area contributed by atoms with Crippen LogP contribution in [-0.4, -0.2) is 6.71 Å². The number of para-hydroxylation sites is 4. The third-order valence-corrected chi connectivity index (χ3v) is 8.10. The molecule has 8 rings (SSSR count). The van der Waals surface area contributed by atoms with Crippen LogP contribution < -0.4 is 30.8 Å². The summed E-state index contributed by atoms with van der Waals surface area (Å²) in [6, 6.07) is 38.1. The van der Waals surface area contributed by atoms with Crippen molar-refractivity contribution in [2.45, 2.75) is 9.79 Å². The highest BCUT2D eigenvalue weighted by molar-refractivity contribution is 7.99. The summed E-state index contributed by atoms with van der Waals surface area (Å²) in [7, 11) is 0. The van der Waals surface area contributed by atoms with E-state index in [0.29, 0.717) is 0 Å². The lowest BCUT2D eigenvalue weighted by Gasteiger charge is -2.36. The average Bonchev–Trinajstić information content (AvgIpc) is 2.91. The zero-order valence-electron chi connectivity index (χ0n) is 18.6. The molecule has 0 bridgehead atoms. The lowest BCUT2D eigenvalue weighted by molar-refractivity contribution is 0.465. The fourth-order valence-corrected chi connectivity index (χ4v) is 6.55. The van der Waals surface area contributed by atoms with Gasteiger partial charge in [0.05, 0.1) is 17.1 Å². The van der Waals surface area contributed by atoms with Gasteiger partial charge in [-0.2, -0.15) is 0 Å². The van der Waals surface area contributed by atoms with Gasteiger partial charge in [-0.05, 0) is 47.3 Å². The second-order valence-electron chi connectivity index (χ2n) is 8.94. The summed E-state index contributed by atoms with van der Waals surface area (Å²) in [5.41, 5.74) is 6.79. The number of hydrogen-bond acceptors (Lipinski definition) is 4. The minimum atomic E-state index is 0.0837. The van der Waals surface area contributed by atoms with Crippen molar-refractivity contribution in [3.05, 3.63) is 109 Å². The van der Waals surface area contributed by atoms with Gasteiger partial charge in [-0.1, -0.05) is 72.4 Å². The lowest BCUT2D eigenvalue weighted by Crippen LogP contribution is -2.57. The highest BCUT2D eigenvalue weighted by Gasteiger charge is 2.40. The Morgan fingerprint density at radius 1 is 0.543 bits per heavy atom. The van der Waals surface area contributed by atoms with Gasteiger partial charge in [0, 0.05) is 27.4 Å². The second-order valence-corrected chi connectivity index (χ2v) is 10.0. The number of benzene rings is 5. The Balaban J connectivity index is 1.39. The van der Waals surface area contributed by atoms with Gasteiger partial charge in [-0.3, -0.25) is 0 Å². The maximum atomic E-state index is 6.53. The van der Waals surface area contributed by atoms with Gasteiger partial charge >= 0.3 is 0 Å². The van der Waals surface area contributed by atoms with Crippen molar-refractivity contribution in [1.29, 1.82) is 0 Å². The van der Waals surface area contributed by atoms with Crippen LogP contribution in [0.3, 0.4) is 0 Å². The van der Waals surface area contributed by atoms with Crippen molar-refractivity contribution in [2.24, 2.45) is 0 Å². The van der Waals surface area contributed by atoms with Crippen molar-refractivity contribution >= 4 is 51.9 Å². The van der Waals surface area contributed by atoms with Crippen LogP contribution >= 0.6 is 11.8 Å². The highest BCUT2D eigenvalue weighted by Crippen LogP contribution is 2.52. The third-order valence-electron chi connectivity index (χ3n) is 6.97. The summed E-state index contributed by atoms with van der Waals surface area (Å²) in [4.78, 5) is 4.78. The first-order chi connectivity index (χ1) is 17.3. The summed E-state index contributed by atoms with van der Waals surface area (Å²) >= 11 is 1.81. The van der Waals surface area contributed by atoms with Crippen molar-refractivity contribution in [2.75, 3.05) is 4.90 Å². The molecule has 0 saturated heterocycles. The number of ether oxygens (including phenoxy) is 2. The van der Waals surface area contributed by atoms with E-state index in [1.54, 1.807) is 0 Å². The summed E-state index contributed by atoms with van der Waals surface area (Å²) in [5.74, 6) is 3.51. The van der Waals surface area contributed by atoms with Crippen LogP contribution in [0.25, 0.3) is 0 Å². The van der Waals surface area contributed by atoms with Gasteiger partial charge in [-0.15, -0.1) is 0 Å². The van der Waals surface area contributed by atoms with Crippen LogP contribution in [0.4, 0.5) is 17.1 Å². The van der Waals surface area contributed by atoms with Crippen LogP contribution in [0, 0.1) is 0 Å². The molecule has 5 heteroatoms. The van der Waals surface area contributed by atoms with Crippen molar-refractivity contribution in [1.82, 2.24) is 0 Å². The van der Waals surface area contributed by atoms with E-state index in [0.717, 1.165) is 45.5 Å². The van der Waals surface area contributed by atoms with E-state index in [4.69, 9.17) is 9.47 Å². The fourth-order valence-electron chi connectivity index (χ4n) is 5.49. The molecule has 164 valence electrons. The number of rotatable bonds is 1. The molecule has 35 heavy (non-hydrogen) atoms. The minimum Gasteiger partial charge on any atom is -0.458 e. The largest absolute Gasteiger partial charge is 0.458 e. The Morgan fingerprint density at radius 2 is 1.03 bits per heavy atom. The van der Waals surface area contributed by atoms with E-state index >= 15 is 0 Å². The molecule has 0 amide bonds. The van der Waals surface area contributed by atoms with Crippen molar-refractivity contribution in [3.63, 3.8) is 0 Å². The summed E-state index contributed by atoms with van der Waals surface area (Å²) in [6.45, 7) is 0.0837. The summed E-state index contributed by atoms with van der Waals surface area (Å²) in [6.07, 6.45) is 0. The Hall–Kier alpha value is -4.09. The number of fused-ring (bicyclic) bond motifs is 6. The first-order valence-corrected chi connectivity index (χ1v) is 12.5. The van der Waals surface area contributed by atoms with Gasteiger partial charge in [-0.25, -0.2) is 0 Å². The molecule has 3 aliphatic heterocycles. The van der Waals surface area contributed by atoms with E-state index in [2.05, 4.69) is 102 Å². The van der Waals surface area contributed by atoms with E-state index in [9.17, 15) is 0 Å². The molecule has 0 fully saturated rings. The number of anilines is 3. The predicted molar refractivity (Wildman–Crippen MR) is 143 cm³/mol. The molecule has 0 aliphatic carbocycles. The molecule has 0 spiro atoms. The molecule has 0 radical (unpaired) electrons. The Morgan fingerprint density at radius 3 is 1.60 bits per heavy atom. The Labute approximate surface area is 208 Å². The Bertz CT molecular complexity index is 1550. The second kappa shape index (κ2) is 7.21. The van der Waals surface area contributed by atoms with Crippen LogP contribution in [-0.2, 0) is 0 Å². The van der Waals surface area contributed by atoms with E-state index in [1.807, 2.05) is 23.9 Å². The molecule has 3 heterocycles. The molecule has 0 aromatic heterocycles. The highest BCUT2D eigenvalue weighted by atomic mass is 32.2. The summed E-state index contributed by atoms with van der Waals surface area (Å²) in [5, 5.41) is 0. The molecule has 0 saturated carbocycles. The molecule has 0 N–H and O–H groups in total. The van der Waals surface area contributed by atoms with Crippen molar-refractivity contribution in [3.8, 4) is 23.0 Å². The normalized spacial score (nSPS) is 13.9. The quantitative estimate of drug-likeness (QED) is 0.262. The minimum absolute atomic E-state index is 0.0837. The zero-order valence-corrected chi connectivity index (χ0v) is 19.5. The maximum Gasteiger partial charge on any atom is 0.260 e. The van der Waals surface area contributed by atoms with Crippen LogP contribution in [0.15, 0.2) is 119 Å². The third kappa shape index (κ3) is 2.76. The number of hydrogen-bond donors (Lipinski definition) is 0. The van der Waals surface area contributed by atoms with Crippen LogP contribution in [0.1, 0.15) is 0 Å². The van der Waals surface area contributed by atoms with E-state index < -0.39 is 0 Å². The standard InChI is InChI=1S/C30H18BNO2S/c1-5-13-24-20(9-1)31-21-10-2-6-14-25(21)34-27-18-19(17-26(33-24)30(27)31)32-22-11-3-7-15-28(22)35-29-16-8-4-12-23(29)32/h1-18H. The molecule has 3 aliphatic rings. The first kappa shape index (κ1) is 19.2. The molecular formula is C30H18BNO2S. The monoisotopic (exact) mass is 467 g/mol. The van der Waals surface area contributed by atoms with Crippen molar-refractivity contribution < 1.29 is 9.47 Å². The van der Waals surface area contributed by atoms with Gasteiger partial charge in [0.1, 0.15) is 23.0 Å². The first-order valence-electron chi connectivity index (χ1n) is 11.7. The summed E-state index contributed by atoms with van der Waals surface area (Å²) < 4.78 is 13.1. The molecule has 5 aromatic carbocycles. The lowest BCUT2D eigenvalue weighted by atomic mass is 9.35. The maximum absolute atomic E-state index is 6.53. The van der Waals surface area contributed by atoms with Gasteiger partial charge in [0.25, 0.3) is 6.71 Å². The van der Waals surface area contributed by atoms with Gasteiger partial charge in [0.2, 0.25) is 0 Å². The van der Waals surface area contributed by atoms with E-state index in [-0.39, 0.29) is 6.71 Å². The van der Waals surface area contributed by atoms with Gasteiger partial charge in [0.15, 0.2) is 0 Å².